The summed E-state index contributed by atoms with van der Waals surface area (Å²) < 4.78 is 16.9. The summed E-state index contributed by atoms with van der Waals surface area (Å²) in [7, 11) is 0. The lowest BCUT2D eigenvalue weighted by Gasteiger charge is -2.31. The van der Waals surface area contributed by atoms with Crippen LogP contribution in [-0.4, -0.2) is 30.0 Å². The van der Waals surface area contributed by atoms with Gasteiger partial charge in [0.05, 0.1) is 26.1 Å². The van der Waals surface area contributed by atoms with Crippen molar-refractivity contribution in [2.45, 2.75) is 31.5 Å². The molecule has 24 heavy (non-hydrogen) atoms. The van der Waals surface area contributed by atoms with Crippen molar-refractivity contribution in [2.75, 3.05) is 6.61 Å². The van der Waals surface area contributed by atoms with Gasteiger partial charge >= 0.3 is 0 Å². The largest absolute Gasteiger partial charge is 0.493 e. The van der Waals surface area contributed by atoms with Crippen LogP contribution in [0.4, 0.5) is 0 Å². The number of aliphatic hydroxyl groups excluding tert-OH is 1. The van der Waals surface area contributed by atoms with Crippen LogP contribution in [-0.2, 0) is 27.4 Å². The Balaban J connectivity index is 1.46. The summed E-state index contributed by atoms with van der Waals surface area (Å²) in [6.45, 7) is 1.25. The highest BCUT2D eigenvalue weighted by Gasteiger charge is 2.31. The smallest absolute Gasteiger partial charge is 0.150 e. The molecular formula is C20H22O4. The number of hydrogen-bond acceptors (Lipinski definition) is 4. The maximum Gasteiger partial charge on any atom is 0.150 e. The molecule has 4 nitrogen and oxygen atoms in total. The Kier molecular flexibility index (Phi) is 6.01. The van der Waals surface area contributed by atoms with Gasteiger partial charge in [-0.1, -0.05) is 60.7 Å². The van der Waals surface area contributed by atoms with E-state index in [1.165, 1.54) is 0 Å². The SMILES string of the molecule is O[C@@H]1C(COCc2ccccc2)OC=C[C@@H]1OCc1ccccc1. The highest BCUT2D eigenvalue weighted by Crippen LogP contribution is 2.18. The normalized spacial score (nSPS) is 23.0. The Hall–Kier alpha value is -2.14. The van der Waals surface area contributed by atoms with E-state index in [0.717, 1.165) is 11.1 Å². The van der Waals surface area contributed by atoms with Crippen molar-refractivity contribution in [2.24, 2.45) is 0 Å². The molecule has 1 unspecified atom stereocenters. The Bertz CT molecular complexity index is 627. The van der Waals surface area contributed by atoms with Gasteiger partial charge in [0.1, 0.15) is 18.3 Å². The van der Waals surface area contributed by atoms with E-state index in [0.29, 0.717) is 19.8 Å². The van der Waals surface area contributed by atoms with Crippen molar-refractivity contribution in [3.05, 3.63) is 84.1 Å². The molecule has 1 aliphatic rings. The molecule has 2 aromatic carbocycles. The molecule has 0 aromatic heterocycles. The molecule has 1 aliphatic heterocycles. The first-order chi connectivity index (χ1) is 11.8. The molecular weight excluding hydrogens is 304 g/mol. The lowest BCUT2D eigenvalue weighted by atomic mass is 10.1. The molecule has 0 amide bonds. The molecule has 0 radical (unpaired) electrons. The summed E-state index contributed by atoms with van der Waals surface area (Å²) >= 11 is 0. The molecule has 0 saturated carbocycles. The quantitative estimate of drug-likeness (QED) is 0.849. The van der Waals surface area contributed by atoms with Crippen molar-refractivity contribution in [3.63, 3.8) is 0 Å². The first kappa shape index (κ1) is 16.7. The lowest BCUT2D eigenvalue weighted by Crippen LogP contribution is -2.44. The maximum atomic E-state index is 10.4. The first-order valence-corrected chi connectivity index (χ1v) is 8.10. The van der Waals surface area contributed by atoms with E-state index in [2.05, 4.69) is 0 Å². The predicted octanol–water partition coefficient (Wildman–Crippen LogP) is 3.06. The summed E-state index contributed by atoms with van der Waals surface area (Å²) in [4.78, 5) is 0. The van der Waals surface area contributed by atoms with E-state index in [-0.39, 0.29) is 0 Å². The van der Waals surface area contributed by atoms with E-state index < -0.39 is 18.3 Å². The first-order valence-electron chi connectivity index (χ1n) is 8.10. The lowest BCUT2D eigenvalue weighted by molar-refractivity contribution is -0.116. The van der Waals surface area contributed by atoms with Crippen molar-refractivity contribution in [3.8, 4) is 0 Å². The van der Waals surface area contributed by atoms with Gasteiger partial charge in [-0.05, 0) is 17.2 Å². The molecule has 3 rings (SSSR count). The van der Waals surface area contributed by atoms with Crippen LogP contribution in [0.5, 0.6) is 0 Å². The van der Waals surface area contributed by atoms with Gasteiger partial charge in [0.25, 0.3) is 0 Å². The maximum absolute atomic E-state index is 10.4. The van der Waals surface area contributed by atoms with Gasteiger partial charge in [-0.25, -0.2) is 0 Å². The van der Waals surface area contributed by atoms with Crippen LogP contribution in [0, 0.1) is 0 Å². The Labute approximate surface area is 142 Å². The summed E-state index contributed by atoms with van der Waals surface area (Å²) in [5.41, 5.74) is 2.16. The Morgan fingerprint density at radius 1 is 0.875 bits per heavy atom. The summed E-state index contributed by atoms with van der Waals surface area (Å²) in [5.74, 6) is 0. The van der Waals surface area contributed by atoms with E-state index in [4.69, 9.17) is 14.2 Å². The molecule has 0 fully saturated rings. The van der Waals surface area contributed by atoms with Gasteiger partial charge in [-0.2, -0.15) is 0 Å². The number of benzene rings is 2. The zero-order valence-corrected chi connectivity index (χ0v) is 13.5. The second kappa shape index (κ2) is 8.64. The van der Waals surface area contributed by atoms with Gasteiger partial charge in [-0.3, -0.25) is 0 Å². The fraction of sp³-hybridized carbons (Fsp3) is 0.300. The molecule has 0 aliphatic carbocycles. The van der Waals surface area contributed by atoms with E-state index >= 15 is 0 Å². The predicted molar refractivity (Wildman–Crippen MR) is 91.1 cm³/mol. The third-order valence-electron chi connectivity index (χ3n) is 3.92. The van der Waals surface area contributed by atoms with Gasteiger partial charge in [0.15, 0.2) is 0 Å². The third-order valence-corrected chi connectivity index (χ3v) is 3.92. The van der Waals surface area contributed by atoms with Crippen molar-refractivity contribution in [1.29, 1.82) is 0 Å². The molecule has 1 heterocycles. The average Bonchev–Trinajstić information content (AvgIpc) is 2.64. The molecule has 1 N–H and O–H groups in total. The number of aliphatic hydroxyl groups is 1. The zero-order valence-electron chi connectivity index (χ0n) is 13.5. The summed E-state index contributed by atoms with van der Waals surface area (Å²) in [6, 6.07) is 19.8. The fourth-order valence-corrected chi connectivity index (χ4v) is 2.56. The Morgan fingerprint density at radius 2 is 1.50 bits per heavy atom. The minimum Gasteiger partial charge on any atom is -0.493 e. The van der Waals surface area contributed by atoms with Gasteiger partial charge in [0.2, 0.25) is 0 Å². The zero-order chi connectivity index (χ0) is 16.6. The van der Waals surface area contributed by atoms with Crippen LogP contribution in [0.15, 0.2) is 73.0 Å². The van der Waals surface area contributed by atoms with E-state index in [9.17, 15) is 5.11 Å². The molecule has 0 saturated heterocycles. The minimum absolute atomic E-state index is 0.311. The average molecular weight is 326 g/mol. The second-order valence-electron chi connectivity index (χ2n) is 5.76. The molecule has 4 heteroatoms. The van der Waals surface area contributed by atoms with Gasteiger partial charge in [0, 0.05) is 0 Å². The monoisotopic (exact) mass is 326 g/mol. The molecule has 3 atom stereocenters. The van der Waals surface area contributed by atoms with Crippen LogP contribution < -0.4 is 0 Å². The third kappa shape index (κ3) is 4.68. The summed E-state index contributed by atoms with van der Waals surface area (Å²) in [5, 5.41) is 10.4. The Morgan fingerprint density at radius 3 is 2.17 bits per heavy atom. The highest BCUT2D eigenvalue weighted by molar-refractivity contribution is 5.14. The van der Waals surface area contributed by atoms with E-state index in [1.54, 1.807) is 12.3 Å². The van der Waals surface area contributed by atoms with Gasteiger partial charge < -0.3 is 19.3 Å². The minimum atomic E-state index is -0.755. The molecule has 0 bridgehead atoms. The molecule has 0 spiro atoms. The van der Waals surface area contributed by atoms with Crippen LogP contribution in [0.3, 0.4) is 0 Å². The van der Waals surface area contributed by atoms with E-state index in [1.807, 2.05) is 60.7 Å². The topological polar surface area (TPSA) is 47.9 Å². The van der Waals surface area contributed by atoms with Crippen LogP contribution >= 0.6 is 0 Å². The number of ether oxygens (including phenoxy) is 3. The van der Waals surface area contributed by atoms with Crippen LogP contribution in [0.2, 0.25) is 0 Å². The molecule has 2 aromatic rings. The summed E-state index contributed by atoms with van der Waals surface area (Å²) in [6.07, 6.45) is 1.73. The second-order valence-corrected chi connectivity index (χ2v) is 5.76. The van der Waals surface area contributed by atoms with Gasteiger partial charge in [-0.15, -0.1) is 0 Å². The van der Waals surface area contributed by atoms with Crippen LogP contribution in [0.25, 0.3) is 0 Å². The van der Waals surface area contributed by atoms with Crippen molar-refractivity contribution in [1.82, 2.24) is 0 Å². The number of hydrogen-bond donors (Lipinski definition) is 1. The standard InChI is InChI=1S/C20H22O4/c21-20-18(24-14-17-9-5-2-6-10-17)11-12-23-19(20)15-22-13-16-7-3-1-4-8-16/h1-12,18-21H,13-15H2/t18-,19?,20-/m0/s1. The van der Waals surface area contributed by atoms with Crippen molar-refractivity contribution >= 4 is 0 Å². The van der Waals surface area contributed by atoms with Crippen LogP contribution in [0.1, 0.15) is 11.1 Å². The fourth-order valence-electron chi connectivity index (χ4n) is 2.56. The molecule has 126 valence electrons. The highest BCUT2D eigenvalue weighted by atomic mass is 16.6. The van der Waals surface area contributed by atoms with Crippen molar-refractivity contribution < 1.29 is 19.3 Å². The number of rotatable bonds is 7.